The fraction of sp³-hybridized carbons (Fsp3) is 0.958. The van der Waals surface area contributed by atoms with Gasteiger partial charge >= 0.3 is 5.97 Å². The van der Waals surface area contributed by atoms with E-state index in [9.17, 15) is 15.0 Å². The number of fused-ring (bicyclic) bond motifs is 5. The fourth-order valence-electron chi connectivity index (χ4n) is 8.81. The van der Waals surface area contributed by atoms with E-state index in [0.717, 1.165) is 32.1 Å². The van der Waals surface area contributed by atoms with Gasteiger partial charge in [0.15, 0.2) is 0 Å². The number of hydrogen-bond acceptors (Lipinski definition) is 3. The molecule has 3 N–H and O–H groups in total. The van der Waals surface area contributed by atoms with E-state index in [0.29, 0.717) is 35.0 Å². The van der Waals surface area contributed by atoms with Crippen molar-refractivity contribution < 1.29 is 20.1 Å². The third kappa shape index (κ3) is 3.14. The van der Waals surface area contributed by atoms with Crippen molar-refractivity contribution in [1.82, 2.24) is 0 Å². The van der Waals surface area contributed by atoms with E-state index in [2.05, 4.69) is 20.8 Å². The van der Waals surface area contributed by atoms with Gasteiger partial charge < -0.3 is 15.3 Å². The van der Waals surface area contributed by atoms with Crippen LogP contribution in [0.1, 0.15) is 85.0 Å². The fourth-order valence-corrected chi connectivity index (χ4v) is 8.81. The van der Waals surface area contributed by atoms with Crippen molar-refractivity contribution in [1.29, 1.82) is 0 Å². The molecule has 4 saturated carbocycles. The van der Waals surface area contributed by atoms with Gasteiger partial charge in [-0.2, -0.15) is 0 Å². The van der Waals surface area contributed by atoms with Crippen LogP contribution in [-0.2, 0) is 4.79 Å². The van der Waals surface area contributed by atoms with Crippen LogP contribution in [0.2, 0.25) is 0 Å². The van der Waals surface area contributed by atoms with E-state index in [1.54, 1.807) is 0 Å². The molecule has 4 rings (SSSR count). The number of aliphatic hydroxyl groups excluding tert-OH is 2. The number of aliphatic carboxylic acids is 1. The maximum Gasteiger partial charge on any atom is 0.303 e. The Balaban J connectivity index is 1.55. The molecule has 0 aromatic carbocycles. The Morgan fingerprint density at radius 3 is 2.36 bits per heavy atom. The molecule has 4 fully saturated rings. The van der Waals surface area contributed by atoms with Crippen LogP contribution in [0.25, 0.3) is 0 Å². The molecule has 160 valence electrons. The predicted octanol–water partition coefficient (Wildman–Crippen LogP) is 4.48. The number of carboxylic acid groups (broad SMARTS) is 1. The van der Waals surface area contributed by atoms with Gasteiger partial charge in [-0.3, -0.25) is 4.79 Å². The Morgan fingerprint density at radius 2 is 1.64 bits per heavy atom. The van der Waals surface area contributed by atoms with Gasteiger partial charge in [-0.15, -0.1) is 0 Å². The summed E-state index contributed by atoms with van der Waals surface area (Å²) in [6.07, 6.45) is 9.16. The molecule has 4 aliphatic rings. The summed E-state index contributed by atoms with van der Waals surface area (Å²) in [6, 6.07) is 0. The molecular weight excluding hydrogens is 352 g/mol. The van der Waals surface area contributed by atoms with Crippen LogP contribution in [-0.4, -0.2) is 33.5 Å². The molecule has 0 spiro atoms. The van der Waals surface area contributed by atoms with Crippen LogP contribution in [0.5, 0.6) is 0 Å². The Bertz CT molecular complexity index is 605. The van der Waals surface area contributed by atoms with Crippen molar-refractivity contribution in [3.05, 3.63) is 0 Å². The van der Waals surface area contributed by atoms with Gasteiger partial charge in [-0.05, 0) is 104 Å². The van der Waals surface area contributed by atoms with Crippen LogP contribution >= 0.6 is 0 Å². The number of carboxylic acids is 1. The van der Waals surface area contributed by atoms with E-state index in [4.69, 9.17) is 5.11 Å². The van der Waals surface area contributed by atoms with E-state index in [1.807, 2.05) is 0 Å². The SMILES string of the molecule is C[C@H](CCC(=O)O)[C@H]1CC[C@@H]2[C@H]3C[C@H](O)[C@H]4C[C@H](O)CC[C@]4(C)[C@@H]3CC[C@]21C. The van der Waals surface area contributed by atoms with Crippen molar-refractivity contribution in [2.24, 2.45) is 46.3 Å². The first-order valence-electron chi connectivity index (χ1n) is 11.7. The van der Waals surface area contributed by atoms with Crippen LogP contribution in [0.3, 0.4) is 0 Å². The summed E-state index contributed by atoms with van der Waals surface area (Å²) in [5.74, 6) is 2.61. The molecule has 0 radical (unpaired) electrons. The van der Waals surface area contributed by atoms with Gasteiger partial charge in [0.1, 0.15) is 0 Å². The Morgan fingerprint density at radius 1 is 0.964 bits per heavy atom. The Kier molecular flexibility index (Phi) is 5.36. The zero-order valence-electron chi connectivity index (χ0n) is 17.9. The van der Waals surface area contributed by atoms with Gasteiger partial charge in [-0.1, -0.05) is 20.8 Å². The minimum atomic E-state index is -0.677. The highest BCUT2D eigenvalue weighted by atomic mass is 16.4. The topological polar surface area (TPSA) is 77.8 Å². The smallest absolute Gasteiger partial charge is 0.303 e. The third-order valence-electron chi connectivity index (χ3n) is 10.2. The summed E-state index contributed by atoms with van der Waals surface area (Å²) in [5, 5.41) is 30.4. The van der Waals surface area contributed by atoms with E-state index in [-0.39, 0.29) is 30.0 Å². The average Bonchev–Trinajstić information content (AvgIpc) is 2.99. The number of hydrogen-bond donors (Lipinski definition) is 3. The summed E-state index contributed by atoms with van der Waals surface area (Å²) in [4.78, 5) is 11.1. The second-order valence-corrected chi connectivity index (χ2v) is 11.4. The zero-order chi connectivity index (χ0) is 20.3. The molecule has 0 heterocycles. The summed E-state index contributed by atoms with van der Waals surface area (Å²) in [5.41, 5.74) is 0.478. The molecule has 28 heavy (non-hydrogen) atoms. The van der Waals surface area contributed by atoms with Gasteiger partial charge in [0.2, 0.25) is 0 Å². The van der Waals surface area contributed by atoms with Crippen LogP contribution in [0.15, 0.2) is 0 Å². The molecule has 0 unspecified atom stereocenters. The largest absolute Gasteiger partial charge is 0.481 e. The molecule has 0 bridgehead atoms. The summed E-state index contributed by atoms with van der Waals surface area (Å²) < 4.78 is 0. The molecule has 10 atom stereocenters. The average molecular weight is 393 g/mol. The number of aliphatic hydroxyl groups is 2. The Hall–Kier alpha value is -0.610. The van der Waals surface area contributed by atoms with E-state index < -0.39 is 5.97 Å². The first-order valence-corrected chi connectivity index (χ1v) is 11.7. The Labute approximate surface area is 170 Å². The minimum absolute atomic E-state index is 0.176. The second-order valence-electron chi connectivity index (χ2n) is 11.4. The lowest BCUT2D eigenvalue weighted by molar-refractivity contribution is -0.172. The molecule has 4 aliphatic carbocycles. The van der Waals surface area contributed by atoms with Crippen molar-refractivity contribution in [2.75, 3.05) is 0 Å². The van der Waals surface area contributed by atoms with E-state index >= 15 is 0 Å². The molecule has 0 aromatic heterocycles. The van der Waals surface area contributed by atoms with Gasteiger partial charge in [0.25, 0.3) is 0 Å². The highest BCUT2D eigenvalue weighted by Crippen LogP contribution is 2.68. The van der Waals surface area contributed by atoms with Crippen molar-refractivity contribution in [2.45, 2.75) is 97.2 Å². The molecule has 4 nitrogen and oxygen atoms in total. The lowest BCUT2D eigenvalue weighted by atomic mass is 9.44. The second kappa shape index (κ2) is 7.27. The summed E-state index contributed by atoms with van der Waals surface area (Å²) >= 11 is 0. The van der Waals surface area contributed by atoms with Crippen LogP contribution in [0.4, 0.5) is 0 Å². The van der Waals surface area contributed by atoms with E-state index in [1.165, 1.54) is 25.7 Å². The summed E-state index contributed by atoms with van der Waals surface area (Å²) in [6.45, 7) is 7.16. The third-order valence-corrected chi connectivity index (χ3v) is 10.2. The normalized spacial score (nSPS) is 51.7. The molecule has 0 aliphatic heterocycles. The number of carbonyl (C=O) groups is 1. The first-order chi connectivity index (χ1) is 13.2. The minimum Gasteiger partial charge on any atom is -0.481 e. The predicted molar refractivity (Wildman–Crippen MR) is 109 cm³/mol. The molecule has 0 aromatic rings. The van der Waals surface area contributed by atoms with Gasteiger partial charge in [0, 0.05) is 6.42 Å². The molecule has 0 amide bonds. The molecule has 4 heteroatoms. The molecule has 0 saturated heterocycles. The van der Waals surface area contributed by atoms with Gasteiger partial charge in [-0.25, -0.2) is 0 Å². The highest BCUT2D eigenvalue weighted by Gasteiger charge is 2.62. The zero-order valence-corrected chi connectivity index (χ0v) is 17.9. The van der Waals surface area contributed by atoms with Crippen molar-refractivity contribution >= 4 is 5.97 Å². The van der Waals surface area contributed by atoms with Crippen molar-refractivity contribution in [3.63, 3.8) is 0 Å². The standard InChI is InChI=1S/C24H40O4/c1-14(4-7-22(27)28)17-5-6-18-16-13-21(26)20-12-15(25)8-10-24(20,3)19(16)9-11-23(17,18)2/h14-21,25-26H,4-13H2,1-3H3,(H,27,28)/t14-,15-,16-,17-,18-,19-,20-,21+,23+,24-/m1/s1. The van der Waals surface area contributed by atoms with Gasteiger partial charge in [0.05, 0.1) is 12.2 Å². The lowest BCUT2D eigenvalue weighted by Crippen LogP contribution is -2.58. The lowest BCUT2D eigenvalue weighted by Gasteiger charge is -2.62. The number of rotatable bonds is 4. The molecular formula is C24H40O4. The quantitative estimate of drug-likeness (QED) is 0.659. The first kappa shape index (κ1) is 20.7. The maximum absolute atomic E-state index is 11.1. The maximum atomic E-state index is 11.1. The van der Waals surface area contributed by atoms with Crippen LogP contribution < -0.4 is 0 Å². The highest BCUT2D eigenvalue weighted by molar-refractivity contribution is 5.66. The van der Waals surface area contributed by atoms with Crippen LogP contribution in [0, 0.1) is 46.3 Å². The van der Waals surface area contributed by atoms with Crippen molar-refractivity contribution in [3.8, 4) is 0 Å². The summed E-state index contributed by atoms with van der Waals surface area (Å²) in [7, 11) is 0. The monoisotopic (exact) mass is 392 g/mol.